The lowest BCUT2D eigenvalue weighted by atomic mass is 9.82. The van der Waals surface area contributed by atoms with Crippen molar-refractivity contribution in [2.75, 3.05) is 7.11 Å². The third kappa shape index (κ3) is 3.40. The van der Waals surface area contributed by atoms with Crippen LogP contribution in [0.5, 0.6) is 34.5 Å². The van der Waals surface area contributed by atoms with E-state index in [9.17, 15) is 30.0 Å². The molecule has 5 aromatic rings. The molecule has 1 aliphatic heterocycles. The minimum atomic E-state index is -0.913. The topological polar surface area (TPSA) is 147 Å². The SMILES string of the molecule is COc1ccc([C@H]2CC(=O)Oc3cc(O)c4c(=O)c(O)c(-c5ccc(O)c(O)c5)oc4c32)c2ccccc12. The number of hydrogen-bond donors (Lipinski definition) is 4. The van der Waals surface area contributed by atoms with Gasteiger partial charge in [0.1, 0.15) is 28.2 Å². The number of methoxy groups -OCH3 is 1. The predicted molar refractivity (Wildman–Crippen MR) is 137 cm³/mol. The van der Waals surface area contributed by atoms with Gasteiger partial charge in [-0.1, -0.05) is 30.3 Å². The highest BCUT2D eigenvalue weighted by molar-refractivity contribution is 5.97. The number of ether oxygens (including phenoxy) is 2. The average Bonchev–Trinajstić information content (AvgIpc) is 2.90. The maximum absolute atomic E-state index is 13.3. The Bertz CT molecular complexity index is 1850. The number of esters is 1. The third-order valence-corrected chi connectivity index (χ3v) is 6.82. The number of carbonyl (C=O) groups excluding carboxylic acids is 1. The fraction of sp³-hybridized carbons (Fsp3) is 0.103. The van der Waals surface area contributed by atoms with Crippen LogP contribution >= 0.6 is 0 Å². The fourth-order valence-corrected chi connectivity index (χ4v) is 5.08. The second-order valence-corrected chi connectivity index (χ2v) is 8.96. The first-order chi connectivity index (χ1) is 18.3. The zero-order valence-corrected chi connectivity index (χ0v) is 19.9. The normalized spacial score (nSPS) is 14.9. The molecule has 1 aliphatic rings. The molecule has 0 unspecified atom stereocenters. The molecule has 0 amide bonds. The van der Waals surface area contributed by atoms with Crippen LogP contribution in [0, 0.1) is 0 Å². The Morgan fingerprint density at radius 3 is 2.37 bits per heavy atom. The van der Waals surface area contributed by atoms with E-state index in [1.54, 1.807) is 13.2 Å². The lowest BCUT2D eigenvalue weighted by Crippen LogP contribution is -2.22. The molecule has 0 saturated carbocycles. The van der Waals surface area contributed by atoms with Crippen molar-refractivity contribution in [3.05, 3.63) is 82.0 Å². The molecule has 9 heteroatoms. The van der Waals surface area contributed by atoms with Gasteiger partial charge in [-0.15, -0.1) is 0 Å². The van der Waals surface area contributed by atoms with Crippen LogP contribution in [0.25, 0.3) is 33.1 Å². The lowest BCUT2D eigenvalue weighted by Gasteiger charge is -2.27. The number of aromatic hydroxyl groups is 4. The number of phenols is 3. The average molecular weight is 512 g/mol. The van der Waals surface area contributed by atoms with Gasteiger partial charge in [0.15, 0.2) is 17.3 Å². The van der Waals surface area contributed by atoms with E-state index >= 15 is 0 Å². The number of rotatable bonds is 3. The van der Waals surface area contributed by atoms with Crippen LogP contribution in [-0.2, 0) is 4.79 Å². The second-order valence-electron chi connectivity index (χ2n) is 8.96. The van der Waals surface area contributed by atoms with Crippen LogP contribution in [0.15, 0.2) is 69.9 Å². The molecule has 38 heavy (non-hydrogen) atoms. The van der Waals surface area contributed by atoms with Gasteiger partial charge in [-0.2, -0.15) is 0 Å². The quantitative estimate of drug-likeness (QED) is 0.151. The molecule has 6 rings (SSSR count). The van der Waals surface area contributed by atoms with Crippen LogP contribution in [0.2, 0.25) is 0 Å². The Kier molecular flexibility index (Phi) is 5.16. The minimum Gasteiger partial charge on any atom is -0.507 e. The Hall–Kier alpha value is -5.18. The molecule has 0 bridgehead atoms. The number of benzene rings is 4. The first-order valence-electron chi connectivity index (χ1n) is 11.6. The highest BCUT2D eigenvalue weighted by Gasteiger charge is 2.35. The van der Waals surface area contributed by atoms with Crippen molar-refractivity contribution >= 4 is 27.7 Å². The molecule has 1 atom stereocenters. The molecule has 9 nitrogen and oxygen atoms in total. The van der Waals surface area contributed by atoms with Gasteiger partial charge in [0.25, 0.3) is 0 Å². The van der Waals surface area contributed by atoms with Gasteiger partial charge in [-0.3, -0.25) is 9.59 Å². The smallest absolute Gasteiger partial charge is 0.312 e. The van der Waals surface area contributed by atoms with E-state index in [1.807, 2.05) is 30.3 Å². The zero-order chi connectivity index (χ0) is 26.7. The van der Waals surface area contributed by atoms with Crippen molar-refractivity contribution in [2.45, 2.75) is 12.3 Å². The maximum atomic E-state index is 13.3. The molecule has 1 aromatic heterocycles. The Morgan fingerprint density at radius 2 is 1.63 bits per heavy atom. The van der Waals surface area contributed by atoms with Gasteiger partial charge in [0.2, 0.25) is 11.2 Å². The van der Waals surface area contributed by atoms with Crippen molar-refractivity contribution in [1.82, 2.24) is 0 Å². The Labute approximate surface area is 214 Å². The molecule has 190 valence electrons. The summed E-state index contributed by atoms with van der Waals surface area (Å²) in [5, 5.41) is 42.4. The Morgan fingerprint density at radius 1 is 0.868 bits per heavy atom. The molecule has 0 radical (unpaired) electrons. The molecular weight excluding hydrogens is 492 g/mol. The molecular formula is C29H20O9. The number of fused-ring (bicyclic) bond motifs is 4. The summed E-state index contributed by atoms with van der Waals surface area (Å²) in [7, 11) is 1.56. The van der Waals surface area contributed by atoms with Gasteiger partial charge >= 0.3 is 5.97 Å². The first-order valence-corrected chi connectivity index (χ1v) is 11.6. The van der Waals surface area contributed by atoms with E-state index in [0.29, 0.717) is 11.3 Å². The van der Waals surface area contributed by atoms with Gasteiger partial charge < -0.3 is 34.3 Å². The lowest BCUT2D eigenvalue weighted by molar-refractivity contribution is -0.135. The second kappa shape index (κ2) is 8.45. The first kappa shape index (κ1) is 23.2. The monoisotopic (exact) mass is 512 g/mol. The van der Waals surface area contributed by atoms with Crippen LogP contribution in [0.1, 0.15) is 23.5 Å². The van der Waals surface area contributed by atoms with Crippen molar-refractivity contribution < 1.29 is 39.1 Å². The van der Waals surface area contributed by atoms with E-state index in [4.69, 9.17) is 13.9 Å². The summed E-state index contributed by atoms with van der Waals surface area (Å²) in [6.07, 6.45) is -0.0802. The number of carbonyl (C=O) groups is 1. The van der Waals surface area contributed by atoms with E-state index in [1.165, 1.54) is 12.1 Å². The summed E-state index contributed by atoms with van der Waals surface area (Å²) in [6.45, 7) is 0. The molecule has 0 saturated heterocycles. The summed E-state index contributed by atoms with van der Waals surface area (Å²) >= 11 is 0. The molecule has 4 aromatic carbocycles. The summed E-state index contributed by atoms with van der Waals surface area (Å²) in [5.41, 5.74) is 0.195. The summed E-state index contributed by atoms with van der Waals surface area (Å²) < 4.78 is 17.0. The summed E-state index contributed by atoms with van der Waals surface area (Å²) in [6, 6.07) is 15.9. The van der Waals surface area contributed by atoms with Gasteiger partial charge in [-0.05, 0) is 35.2 Å². The van der Waals surface area contributed by atoms with Gasteiger partial charge in [-0.25, -0.2) is 0 Å². The van der Waals surface area contributed by atoms with Crippen LogP contribution in [-0.4, -0.2) is 33.5 Å². The molecule has 0 fully saturated rings. The van der Waals surface area contributed by atoms with E-state index in [0.717, 1.165) is 28.5 Å². The van der Waals surface area contributed by atoms with Gasteiger partial charge in [0, 0.05) is 28.5 Å². The maximum Gasteiger partial charge on any atom is 0.312 e. The Balaban J connectivity index is 1.70. The van der Waals surface area contributed by atoms with E-state index in [2.05, 4.69) is 0 Å². The van der Waals surface area contributed by atoms with Crippen LogP contribution < -0.4 is 14.9 Å². The van der Waals surface area contributed by atoms with Crippen molar-refractivity contribution in [3.63, 3.8) is 0 Å². The minimum absolute atomic E-state index is 0.0180. The highest BCUT2D eigenvalue weighted by atomic mass is 16.5. The highest BCUT2D eigenvalue weighted by Crippen LogP contribution is 2.49. The standard InChI is InChI=1S/C29H20O9/c1-36-21-9-7-15(14-4-2-3-5-16(14)21)17-11-23(33)37-22-12-20(32)25-26(34)27(35)28(38-29(25)24(17)22)13-6-8-18(30)19(31)10-13/h2-10,12,17,30-32,35H,11H2,1H3/t17-/m1/s1. The van der Waals surface area contributed by atoms with Crippen LogP contribution in [0.3, 0.4) is 0 Å². The largest absolute Gasteiger partial charge is 0.507 e. The third-order valence-electron chi connectivity index (χ3n) is 6.82. The summed E-state index contributed by atoms with van der Waals surface area (Å²) in [5.74, 6) is -3.02. The van der Waals surface area contributed by atoms with Crippen molar-refractivity contribution in [2.24, 2.45) is 0 Å². The molecule has 0 aliphatic carbocycles. The van der Waals surface area contributed by atoms with Crippen LogP contribution in [0.4, 0.5) is 0 Å². The van der Waals surface area contributed by atoms with Crippen molar-refractivity contribution in [1.29, 1.82) is 0 Å². The fourth-order valence-electron chi connectivity index (χ4n) is 5.08. The molecule has 2 heterocycles. The predicted octanol–water partition coefficient (Wildman–Crippen LogP) is 4.89. The molecule has 4 N–H and O–H groups in total. The van der Waals surface area contributed by atoms with E-state index < -0.39 is 40.3 Å². The van der Waals surface area contributed by atoms with Crippen molar-refractivity contribution in [3.8, 4) is 45.8 Å². The number of phenolic OH excluding ortho intramolecular Hbond substituents is 3. The zero-order valence-electron chi connectivity index (χ0n) is 19.9. The molecule has 0 spiro atoms. The summed E-state index contributed by atoms with van der Waals surface area (Å²) in [4.78, 5) is 26.0. The van der Waals surface area contributed by atoms with Gasteiger partial charge in [0.05, 0.1) is 13.5 Å². The van der Waals surface area contributed by atoms with E-state index in [-0.39, 0.29) is 34.5 Å². The number of hydrogen-bond acceptors (Lipinski definition) is 9.